The fourth-order valence-corrected chi connectivity index (χ4v) is 2.80. The Labute approximate surface area is 112 Å². The lowest BCUT2D eigenvalue weighted by Gasteiger charge is -2.22. The van der Waals surface area contributed by atoms with E-state index in [4.69, 9.17) is 4.74 Å². The maximum atomic E-state index is 11.8. The Bertz CT molecular complexity index is 632. The first-order chi connectivity index (χ1) is 8.75. The van der Waals surface area contributed by atoms with Gasteiger partial charge in [0.1, 0.15) is 0 Å². The van der Waals surface area contributed by atoms with E-state index in [9.17, 15) is 4.79 Å². The summed E-state index contributed by atoms with van der Waals surface area (Å²) in [6, 6.07) is 5.76. The topological polar surface area (TPSA) is 55.0 Å². The van der Waals surface area contributed by atoms with Gasteiger partial charge in [0, 0.05) is 29.0 Å². The molecule has 1 fully saturated rings. The number of halogens is 1. The summed E-state index contributed by atoms with van der Waals surface area (Å²) in [5.74, 6) is 0.374. The van der Waals surface area contributed by atoms with Crippen LogP contribution >= 0.6 is 15.9 Å². The summed E-state index contributed by atoms with van der Waals surface area (Å²) < 4.78 is 6.28. The van der Waals surface area contributed by atoms with Crippen LogP contribution in [0, 0.1) is 0 Å². The van der Waals surface area contributed by atoms with Crippen LogP contribution in [0.2, 0.25) is 0 Å². The second kappa shape index (κ2) is 4.82. The molecule has 0 unspecified atom stereocenters. The lowest BCUT2D eigenvalue weighted by molar-refractivity contribution is 0.0846. The van der Waals surface area contributed by atoms with Gasteiger partial charge in [-0.3, -0.25) is 4.79 Å². The monoisotopic (exact) mass is 308 g/mol. The maximum absolute atomic E-state index is 11.8. The molecule has 2 heterocycles. The molecule has 0 aliphatic carbocycles. The predicted octanol–water partition coefficient (Wildman–Crippen LogP) is 2.58. The molecule has 1 saturated heterocycles. The summed E-state index contributed by atoms with van der Waals surface area (Å²) >= 11 is 3.39. The van der Waals surface area contributed by atoms with Crippen molar-refractivity contribution in [2.24, 2.45) is 0 Å². The summed E-state index contributed by atoms with van der Waals surface area (Å²) in [6.45, 7) is 1.53. The van der Waals surface area contributed by atoms with Gasteiger partial charge in [0.05, 0.1) is 11.1 Å². The molecule has 94 valence electrons. The van der Waals surface area contributed by atoms with Crippen LogP contribution in [0.4, 0.5) is 0 Å². The smallest absolute Gasteiger partial charge is 0.272 e. The lowest BCUT2D eigenvalue weighted by Crippen LogP contribution is -2.19. The van der Waals surface area contributed by atoms with Gasteiger partial charge in [0.15, 0.2) is 0 Å². The number of nitrogens with one attached hydrogen (secondary N) is 1. The zero-order chi connectivity index (χ0) is 12.5. The van der Waals surface area contributed by atoms with Crippen LogP contribution in [-0.4, -0.2) is 23.4 Å². The third-order valence-corrected chi connectivity index (χ3v) is 3.88. The quantitative estimate of drug-likeness (QED) is 0.881. The number of aromatic amines is 1. The largest absolute Gasteiger partial charge is 0.381 e. The third kappa shape index (κ3) is 2.08. The number of rotatable bonds is 1. The lowest BCUT2D eigenvalue weighted by atomic mass is 9.93. The Hall–Kier alpha value is -1.20. The van der Waals surface area contributed by atoms with Crippen LogP contribution in [0.25, 0.3) is 10.8 Å². The Morgan fingerprint density at radius 2 is 2.06 bits per heavy atom. The molecule has 5 heteroatoms. The van der Waals surface area contributed by atoms with E-state index < -0.39 is 0 Å². The molecule has 0 atom stereocenters. The van der Waals surface area contributed by atoms with E-state index in [0.29, 0.717) is 11.3 Å². The average Bonchev–Trinajstić information content (AvgIpc) is 2.41. The first-order valence-electron chi connectivity index (χ1n) is 6.01. The highest BCUT2D eigenvalue weighted by molar-refractivity contribution is 9.10. The number of aromatic nitrogens is 2. The van der Waals surface area contributed by atoms with Crippen LogP contribution in [0.3, 0.4) is 0 Å². The molecule has 0 saturated carbocycles. The van der Waals surface area contributed by atoms with Gasteiger partial charge < -0.3 is 4.74 Å². The third-order valence-electron chi connectivity index (χ3n) is 3.39. The van der Waals surface area contributed by atoms with E-state index in [1.807, 2.05) is 18.2 Å². The molecule has 0 bridgehead atoms. The van der Waals surface area contributed by atoms with Gasteiger partial charge in [0.25, 0.3) is 5.56 Å². The number of fused-ring (bicyclic) bond motifs is 1. The Balaban J connectivity index is 2.17. The van der Waals surface area contributed by atoms with Crippen molar-refractivity contribution in [1.29, 1.82) is 0 Å². The van der Waals surface area contributed by atoms with Gasteiger partial charge in [0.2, 0.25) is 0 Å². The van der Waals surface area contributed by atoms with Crippen molar-refractivity contribution in [3.63, 3.8) is 0 Å². The molecule has 0 amide bonds. The minimum Gasteiger partial charge on any atom is -0.381 e. The second-order valence-corrected chi connectivity index (χ2v) is 5.43. The van der Waals surface area contributed by atoms with E-state index >= 15 is 0 Å². The van der Waals surface area contributed by atoms with Gasteiger partial charge in [-0.15, -0.1) is 0 Å². The molecule has 1 aromatic carbocycles. The number of nitrogens with zero attached hydrogens (tertiary/aromatic N) is 1. The molecule has 1 aromatic heterocycles. The highest BCUT2D eigenvalue weighted by atomic mass is 79.9. The number of benzene rings is 1. The van der Waals surface area contributed by atoms with E-state index in [-0.39, 0.29) is 5.56 Å². The standard InChI is InChI=1S/C13H13BrN2O2/c14-9-1-2-10-11(7-9)13(17)16-15-12(10)8-3-5-18-6-4-8/h1-2,7-8H,3-6H2,(H,16,17). The van der Waals surface area contributed by atoms with Gasteiger partial charge in [-0.25, -0.2) is 5.10 Å². The summed E-state index contributed by atoms with van der Waals surface area (Å²) in [6.07, 6.45) is 1.93. The Kier molecular flexibility index (Phi) is 3.18. The van der Waals surface area contributed by atoms with E-state index in [1.165, 1.54) is 0 Å². The van der Waals surface area contributed by atoms with Crippen molar-refractivity contribution in [3.05, 3.63) is 38.7 Å². The molecular weight excluding hydrogens is 296 g/mol. The first-order valence-corrected chi connectivity index (χ1v) is 6.80. The minimum atomic E-state index is -0.137. The number of hydrogen-bond donors (Lipinski definition) is 1. The van der Waals surface area contributed by atoms with Gasteiger partial charge >= 0.3 is 0 Å². The van der Waals surface area contributed by atoms with E-state index in [1.54, 1.807) is 0 Å². The van der Waals surface area contributed by atoms with Crippen molar-refractivity contribution in [1.82, 2.24) is 10.2 Å². The molecule has 4 nitrogen and oxygen atoms in total. The molecule has 3 rings (SSSR count). The molecule has 0 spiro atoms. The molecule has 1 aliphatic heterocycles. The van der Waals surface area contributed by atoms with Crippen molar-refractivity contribution in [2.75, 3.05) is 13.2 Å². The number of hydrogen-bond acceptors (Lipinski definition) is 3. The highest BCUT2D eigenvalue weighted by Crippen LogP contribution is 2.30. The summed E-state index contributed by atoms with van der Waals surface area (Å²) in [7, 11) is 0. The summed E-state index contributed by atoms with van der Waals surface area (Å²) in [4.78, 5) is 11.8. The van der Waals surface area contributed by atoms with Gasteiger partial charge in [-0.2, -0.15) is 5.10 Å². The number of ether oxygens (including phenoxy) is 1. The zero-order valence-corrected chi connectivity index (χ0v) is 11.4. The van der Waals surface area contributed by atoms with E-state index in [2.05, 4.69) is 26.1 Å². The fourth-order valence-electron chi connectivity index (χ4n) is 2.44. The number of H-pyrrole nitrogens is 1. The van der Waals surface area contributed by atoms with Crippen molar-refractivity contribution in [3.8, 4) is 0 Å². The van der Waals surface area contributed by atoms with Crippen LogP contribution in [-0.2, 0) is 4.74 Å². The summed E-state index contributed by atoms with van der Waals surface area (Å²) in [5, 5.41) is 8.50. The molecule has 2 aromatic rings. The highest BCUT2D eigenvalue weighted by Gasteiger charge is 2.20. The Morgan fingerprint density at radius 3 is 2.83 bits per heavy atom. The average molecular weight is 309 g/mol. The molecule has 1 N–H and O–H groups in total. The predicted molar refractivity (Wildman–Crippen MR) is 72.9 cm³/mol. The van der Waals surface area contributed by atoms with Gasteiger partial charge in [-0.1, -0.05) is 22.0 Å². The van der Waals surface area contributed by atoms with Crippen LogP contribution < -0.4 is 5.56 Å². The maximum Gasteiger partial charge on any atom is 0.272 e. The molecule has 18 heavy (non-hydrogen) atoms. The van der Waals surface area contributed by atoms with E-state index in [0.717, 1.165) is 41.6 Å². The second-order valence-electron chi connectivity index (χ2n) is 4.51. The van der Waals surface area contributed by atoms with Crippen LogP contribution in [0.15, 0.2) is 27.5 Å². The molecule has 1 aliphatic rings. The fraction of sp³-hybridized carbons (Fsp3) is 0.385. The van der Waals surface area contributed by atoms with Crippen molar-refractivity contribution >= 4 is 26.7 Å². The first kappa shape index (κ1) is 11.9. The summed E-state index contributed by atoms with van der Waals surface area (Å²) in [5.41, 5.74) is 0.850. The molecule has 0 radical (unpaired) electrons. The van der Waals surface area contributed by atoms with Gasteiger partial charge in [-0.05, 0) is 25.0 Å². The van der Waals surface area contributed by atoms with Crippen LogP contribution in [0.5, 0.6) is 0 Å². The normalized spacial score (nSPS) is 17.2. The SMILES string of the molecule is O=c1[nH]nc(C2CCOCC2)c2ccc(Br)cc12. The molecular formula is C13H13BrN2O2. The van der Waals surface area contributed by atoms with Crippen LogP contribution in [0.1, 0.15) is 24.5 Å². The Morgan fingerprint density at radius 1 is 1.28 bits per heavy atom. The minimum absolute atomic E-state index is 0.137. The zero-order valence-electron chi connectivity index (χ0n) is 9.78. The van der Waals surface area contributed by atoms with Crippen molar-refractivity contribution < 1.29 is 4.74 Å². The van der Waals surface area contributed by atoms with Crippen molar-refractivity contribution in [2.45, 2.75) is 18.8 Å².